The zero-order valence-corrected chi connectivity index (χ0v) is 24.9. The lowest BCUT2D eigenvalue weighted by molar-refractivity contribution is -0.120. The molecule has 8 heteroatoms. The summed E-state index contributed by atoms with van der Waals surface area (Å²) in [6, 6.07) is 10.8. The lowest BCUT2D eigenvalue weighted by atomic mass is 9.65. The minimum absolute atomic E-state index is 0.0409. The van der Waals surface area contributed by atoms with Crippen LogP contribution < -0.4 is 10.1 Å². The van der Waals surface area contributed by atoms with Crippen molar-refractivity contribution >= 4 is 46.4 Å². The van der Waals surface area contributed by atoms with E-state index in [4.69, 9.17) is 32.7 Å². The van der Waals surface area contributed by atoms with Gasteiger partial charge in [0.25, 0.3) is 5.91 Å². The first kappa shape index (κ1) is 28.4. The van der Waals surface area contributed by atoms with Gasteiger partial charge < -0.3 is 14.8 Å². The van der Waals surface area contributed by atoms with Gasteiger partial charge in [0.1, 0.15) is 11.5 Å². The number of Topliss-reactive ketones (excluding diaryl/α,β-unsaturated/α-hetero) is 2. The zero-order valence-electron chi connectivity index (χ0n) is 23.4. The standard InChI is InChI=1S/C32H33Cl2NO5/c1-17-8-6-7-9-21(17)35-26(38)16-39-30-19(33)10-18(11-20(30)34)27-28-22(36)12-31(2,3)14-24(28)40-25-15-32(4,5)13-23(37)29(25)27/h6-11,27H,12-16H2,1-5H3,(H,35,38). The maximum Gasteiger partial charge on any atom is 0.262 e. The van der Waals surface area contributed by atoms with Crippen LogP contribution in [0.3, 0.4) is 0 Å². The molecule has 5 rings (SSSR count). The topological polar surface area (TPSA) is 81.7 Å². The summed E-state index contributed by atoms with van der Waals surface area (Å²) in [4.78, 5) is 39.6. The Hall–Kier alpha value is -3.09. The van der Waals surface area contributed by atoms with Crippen molar-refractivity contribution in [2.24, 2.45) is 10.8 Å². The zero-order chi connectivity index (χ0) is 29.0. The van der Waals surface area contributed by atoms with Gasteiger partial charge in [0, 0.05) is 48.4 Å². The molecule has 6 nitrogen and oxygen atoms in total. The minimum atomic E-state index is -0.626. The van der Waals surface area contributed by atoms with Gasteiger partial charge in [-0.3, -0.25) is 14.4 Å². The Morgan fingerprint density at radius 2 is 1.45 bits per heavy atom. The number of para-hydroxylation sites is 1. The number of hydrogen-bond acceptors (Lipinski definition) is 5. The second-order valence-corrected chi connectivity index (χ2v) is 13.4. The number of ether oxygens (including phenoxy) is 2. The summed E-state index contributed by atoms with van der Waals surface area (Å²) in [6.45, 7) is 9.78. The third kappa shape index (κ3) is 5.57. The average Bonchev–Trinajstić information content (AvgIpc) is 2.82. The van der Waals surface area contributed by atoms with Gasteiger partial charge in [-0.25, -0.2) is 0 Å². The van der Waals surface area contributed by atoms with Crippen LogP contribution in [0.2, 0.25) is 10.0 Å². The van der Waals surface area contributed by atoms with Gasteiger partial charge in [-0.1, -0.05) is 69.1 Å². The van der Waals surface area contributed by atoms with Crippen LogP contribution in [0.25, 0.3) is 0 Å². The molecule has 210 valence electrons. The molecule has 1 amide bonds. The third-order valence-electron chi connectivity index (χ3n) is 7.70. The molecule has 1 aliphatic heterocycles. The summed E-state index contributed by atoms with van der Waals surface area (Å²) in [7, 11) is 0. The normalized spacial score (nSPS) is 20.1. The average molecular weight is 583 g/mol. The molecule has 40 heavy (non-hydrogen) atoms. The number of aryl methyl sites for hydroxylation is 1. The van der Waals surface area contributed by atoms with Crippen molar-refractivity contribution in [3.05, 3.63) is 80.2 Å². The van der Waals surface area contributed by atoms with E-state index >= 15 is 0 Å². The molecule has 0 fully saturated rings. The van der Waals surface area contributed by atoms with Crippen LogP contribution in [0.1, 0.15) is 70.4 Å². The van der Waals surface area contributed by atoms with E-state index in [0.717, 1.165) is 5.56 Å². The Morgan fingerprint density at radius 1 is 0.925 bits per heavy atom. The third-order valence-corrected chi connectivity index (χ3v) is 8.26. The first-order chi connectivity index (χ1) is 18.7. The van der Waals surface area contributed by atoms with Gasteiger partial charge in [0.05, 0.1) is 10.0 Å². The van der Waals surface area contributed by atoms with Crippen molar-refractivity contribution in [1.82, 2.24) is 0 Å². The fraction of sp³-hybridized carbons (Fsp3) is 0.406. The molecule has 0 atom stereocenters. The molecule has 0 saturated carbocycles. The van der Waals surface area contributed by atoms with E-state index in [1.807, 2.05) is 58.9 Å². The van der Waals surface area contributed by atoms with E-state index in [1.165, 1.54) is 0 Å². The quantitative estimate of drug-likeness (QED) is 0.391. The number of amides is 1. The van der Waals surface area contributed by atoms with Crippen LogP contribution in [0.15, 0.2) is 59.1 Å². The molecular formula is C32H33Cl2NO5. The van der Waals surface area contributed by atoms with Crippen LogP contribution in [-0.2, 0) is 19.1 Å². The summed E-state index contributed by atoms with van der Waals surface area (Å²) >= 11 is 13.3. The molecule has 0 saturated heterocycles. The molecule has 2 aromatic rings. The molecule has 0 spiro atoms. The number of hydrogen-bond donors (Lipinski definition) is 1. The molecule has 1 N–H and O–H groups in total. The number of carbonyl (C=O) groups excluding carboxylic acids is 3. The molecule has 0 bridgehead atoms. The Morgan fingerprint density at radius 3 is 1.98 bits per heavy atom. The lowest BCUT2D eigenvalue weighted by Crippen LogP contribution is -2.37. The Bertz CT molecular complexity index is 1430. The molecule has 1 heterocycles. The molecule has 0 unspecified atom stereocenters. The van der Waals surface area contributed by atoms with Crippen LogP contribution in [0, 0.1) is 17.8 Å². The number of benzene rings is 2. The highest BCUT2D eigenvalue weighted by Crippen LogP contribution is 2.54. The van der Waals surface area contributed by atoms with Crippen molar-refractivity contribution < 1.29 is 23.9 Å². The lowest BCUT2D eigenvalue weighted by Gasteiger charge is -2.42. The number of halogens is 2. The van der Waals surface area contributed by atoms with Crippen molar-refractivity contribution in [3.63, 3.8) is 0 Å². The van der Waals surface area contributed by atoms with Crippen LogP contribution >= 0.6 is 23.2 Å². The van der Waals surface area contributed by atoms with Gasteiger partial charge in [0.15, 0.2) is 23.9 Å². The highest BCUT2D eigenvalue weighted by atomic mass is 35.5. The van der Waals surface area contributed by atoms with Crippen molar-refractivity contribution in [1.29, 1.82) is 0 Å². The molecule has 3 aliphatic rings. The van der Waals surface area contributed by atoms with Crippen molar-refractivity contribution in [3.8, 4) is 5.75 Å². The predicted molar refractivity (Wildman–Crippen MR) is 156 cm³/mol. The summed E-state index contributed by atoms with van der Waals surface area (Å²) < 4.78 is 12.1. The van der Waals surface area contributed by atoms with E-state index in [9.17, 15) is 14.4 Å². The van der Waals surface area contributed by atoms with Gasteiger partial charge in [0.2, 0.25) is 0 Å². The molecular weight excluding hydrogens is 549 g/mol. The van der Waals surface area contributed by atoms with Gasteiger partial charge in [-0.2, -0.15) is 0 Å². The van der Waals surface area contributed by atoms with Crippen LogP contribution in [-0.4, -0.2) is 24.1 Å². The Kier molecular flexibility index (Phi) is 7.38. The van der Waals surface area contributed by atoms with E-state index in [2.05, 4.69) is 5.32 Å². The second kappa shape index (κ2) is 10.4. The maximum absolute atomic E-state index is 13.5. The molecule has 0 radical (unpaired) electrons. The van der Waals surface area contributed by atoms with Gasteiger partial charge in [-0.15, -0.1) is 0 Å². The van der Waals surface area contributed by atoms with Crippen molar-refractivity contribution in [2.45, 2.75) is 66.2 Å². The first-order valence-electron chi connectivity index (χ1n) is 13.4. The maximum atomic E-state index is 13.5. The fourth-order valence-electron chi connectivity index (χ4n) is 5.93. The van der Waals surface area contributed by atoms with Crippen molar-refractivity contribution in [2.75, 3.05) is 11.9 Å². The van der Waals surface area contributed by atoms with Gasteiger partial charge in [-0.05, 0) is 47.1 Å². The smallest absolute Gasteiger partial charge is 0.262 e. The number of nitrogens with one attached hydrogen (secondary N) is 1. The number of carbonyl (C=O) groups is 3. The molecule has 2 aromatic carbocycles. The first-order valence-corrected chi connectivity index (χ1v) is 14.2. The molecule has 0 aromatic heterocycles. The predicted octanol–water partition coefficient (Wildman–Crippen LogP) is 7.72. The number of allylic oxidation sites excluding steroid dienone is 4. The van der Waals surface area contributed by atoms with E-state index in [0.29, 0.717) is 59.6 Å². The van der Waals surface area contributed by atoms with Crippen LogP contribution in [0.4, 0.5) is 5.69 Å². The fourth-order valence-corrected chi connectivity index (χ4v) is 6.54. The molecule has 2 aliphatic carbocycles. The summed E-state index contributed by atoms with van der Waals surface area (Å²) in [6.07, 6.45) is 1.89. The number of ketones is 2. The second-order valence-electron chi connectivity index (χ2n) is 12.6. The summed E-state index contributed by atoms with van der Waals surface area (Å²) in [5.41, 5.74) is 2.75. The van der Waals surface area contributed by atoms with Gasteiger partial charge >= 0.3 is 0 Å². The summed E-state index contributed by atoms with van der Waals surface area (Å²) in [5.74, 6) is 0.341. The number of anilines is 1. The van der Waals surface area contributed by atoms with E-state index in [1.54, 1.807) is 12.1 Å². The Labute approximate surface area is 244 Å². The highest BCUT2D eigenvalue weighted by Gasteiger charge is 2.48. The monoisotopic (exact) mass is 581 g/mol. The SMILES string of the molecule is Cc1ccccc1NC(=O)COc1c(Cl)cc(C2C3=C(CC(C)(C)CC3=O)OC3=C2C(=O)CC(C)(C)C3)cc1Cl. The number of rotatable bonds is 5. The minimum Gasteiger partial charge on any atom is -0.481 e. The van der Waals surface area contributed by atoms with Crippen LogP contribution in [0.5, 0.6) is 5.75 Å². The van der Waals surface area contributed by atoms with E-state index in [-0.39, 0.29) is 50.7 Å². The highest BCUT2D eigenvalue weighted by molar-refractivity contribution is 6.37. The van der Waals surface area contributed by atoms with E-state index < -0.39 is 5.92 Å². The summed E-state index contributed by atoms with van der Waals surface area (Å²) in [5, 5.41) is 3.19. The largest absolute Gasteiger partial charge is 0.481 e. The Balaban J connectivity index is 1.48.